The average molecular weight is 236 g/mol. The fourth-order valence-electron chi connectivity index (χ4n) is 1.98. The van der Waals surface area contributed by atoms with Crippen molar-refractivity contribution in [1.29, 1.82) is 0 Å². The van der Waals surface area contributed by atoms with Crippen molar-refractivity contribution in [1.82, 2.24) is 4.90 Å². The lowest BCUT2D eigenvalue weighted by Gasteiger charge is -2.14. The van der Waals surface area contributed by atoms with Crippen LogP contribution in [0.15, 0.2) is 18.2 Å². The Kier molecular flexibility index (Phi) is 4.23. The quantitative estimate of drug-likeness (QED) is 0.807. The van der Waals surface area contributed by atoms with Crippen molar-refractivity contribution in [2.75, 3.05) is 33.5 Å². The van der Waals surface area contributed by atoms with Crippen molar-refractivity contribution in [3.8, 4) is 11.5 Å². The van der Waals surface area contributed by atoms with Gasteiger partial charge in [-0.25, -0.2) is 0 Å². The van der Waals surface area contributed by atoms with Gasteiger partial charge in [-0.15, -0.1) is 0 Å². The van der Waals surface area contributed by atoms with Gasteiger partial charge in [-0.2, -0.15) is 0 Å². The van der Waals surface area contributed by atoms with E-state index in [2.05, 4.69) is 24.1 Å². The molecule has 0 aliphatic carbocycles. The number of rotatable bonds is 6. The Morgan fingerprint density at radius 1 is 1.24 bits per heavy atom. The van der Waals surface area contributed by atoms with E-state index in [4.69, 9.17) is 15.2 Å². The molecule has 1 aromatic carbocycles. The second-order valence-corrected chi connectivity index (χ2v) is 4.38. The maximum Gasteiger partial charge on any atom is 0.231 e. The standard InChI is InChI=1S/C13H20N2O2/c1-15(8-6-14)7-2-3-11-4-5-12-13(9-11)17-10-16-12/h4-5,9H,2-3,6-8,10,14H2,1H3. The van der Waals surface area contributed by atoms with Crippen LogP contribution in [0.1, 0.15) is 12.0 Å². The Hall–Kier alpha value is -1.26. The first kappa shape index (κ1) is 12.2. The fraction of sp³-hybridized carbons (Fsp3) is 0.538. The van der Waals surface area contributed by atoms with Crippen LogP contribution in [0.5, 0.6) is 11.5 Å². The van der Waals surface area contributed by atoms with Gasteiger partial charge >= 0.3 is 0 Å². The van der Waals surface area contributed by atoms with E-state index < -0.39 is 0 Å². The van der Waals surface area contributed by atoms with Crippen molar-refractivity contribution in [3.63, 3.8) is 0 Å². The van der Waals surface area contributed by atoms with Crippen molar-refractivity contribution in [2.45, 2.75) is 12.8 Å². The molecule has 0 unspecified atom stereocenters. The zero-order chi connectivity index (χ0) is 12.1. The molecule has 0 spiro atoms. The van der Waals surface area contributed by atoms with Gasteiger partial charge in [0.25, 0.3) is 0 Å². The van der Waals surface area contributed by atoms with Crippen LogP contribution in [0.4, 0.5) is 0 Å². The Labute approximate surface area is 102 Å². The predicted octanol–water partition coefficient (Wildman–Crippen LogP) is 1.24. The molecule has 0 saturated carbocycles. The number of nitrogens with zero attached hydrogens (tertiary/aromatic N) is 1. The van der Waals surface area contributed by atoms with E-state index in [-0.39, 0.29) is 0 Å². The molecule has 2 rings (SSSR count). The minimum absolute atomic E-state index is 0.345. The lowest BCUT2D eigenvalue weighted by molar-refractivity contribution is 0.174. The molecule has 4 nitrogen and oxygen atoms in total. The maximum atomic E-state index is 5.50. The van der Waals surface area contributed by atoms with Crippen LogP contribution in [0.25, 0.3) is 0 Å². The summed E-state index contributed by atoms with van der Waals surface area (Å²) in [6, 6.07) is 6.17. The van der Waals surface area contributed by atoms with Gasteiger partial charge in [-0.1, -0.05) is 6.07 Å². The minimum Gasteiger partial charge on any atom is -0.454 e. The zero-order valence-electron chi connectivity index (χ0n) is 10.3. The third kappa shape index (κ3) is 3.35. The molecular formula is C13H20N2O2. The maximum absolute atomic E-state index is 5.50. The summed E-state index contributed by atoms with van der Waals surface area (Å²) in [7, 11) is 2.10. The smallest absolute Gasteiger partial charge is 0.231 e. The zero-order valence-corrected chi connectivity index (χ0v) is 10.3. The molecule has 0 saturated heterocycles. The van der Waals surface area contributed by atoms with Gasteiger partial charge in [0.1, 0.15) is 0 Å². The molecule has 2 N–H and O–H groups in total. The fourth-order valence-corrected chi connectivity index (χ4v) is 1.98. The molecule has 4 heteroatoms. The third-order valence-corrected chi connectivity index (χ3v) is 2.95. The summed E-state index contributed by atoms with van der Waals surface area (Å²) >= 11 is 0. The number of benzene rings is 1. The van der Waals surface area contributed by atoms with Crippen LogP contribution < -0.4 is 15.2 Å². The van der Waals surface area contributed by atoms with E-state index in [9.17, 15) is 0 Å². The van der Waals surface area contributed by atoms with Crippen molar-refractivity contribution in [2.24, 2.45) is 5.73 Å². The minimum atomic E-state index is 0.345. The number of nitrogens with two attached hydrogens (primary N) is 1. The first-order chi connectivity index (χ1) is 8.29. The van der Waals surface area contributed by atoms with Crippen LogP contribution >= 0.6 is 0 Å². The van der Waals surface area contributed by atoms with Crippen LogP contribution in [0, 0.1) is 0 Å². The van der Waals surface area contributed by atoms with Gasteiger partial charge in [0.15, 0.2) is 11.5 Å². The second-order valence-electron chi connectivity index (χ2n) is 4.38. The highest BCUT2D eigenvalue weighted by atomic mass is 16.7. The molecule has 1 heterocycles. The molecular weight excluding hydrogens is 216 g/mol. The first-order valence-corrected chi connectivity index (χ1v) is 6.07. The highest BCUT2D eigenvalue weighted by Gasteiger charge is 2.12. The number of aryl methyl sites for hydroxylation is 1. The first-order valence-electron chi connectivity index (χ1n) is 6.07. The lowest BCUT2D eigenvalue weighted by atomic mass is 10.1. The number of hydrogen-bond acceptors (Lipinski definition) is 4. The molecule has 94 valence electrons. The molecule has 0 amide bonds. The van der Waals surface area contributed by atoms with E-state index in [1.807, 2.05) is 6.07 Å². The largest absolute Gasteiger partial charge is 0.454 e. The third-order valence-electron chi connectivity index (χ3n) is 2.95. The number of ether oxygens (including phenoxy) is 2. The molecule has 0 atom stereocenters. The van der Waals surface area contributed by atoms with Gasteiger partial charge in [0, 0.05) is 13.1 Å². The molecule has 1 aromatic rings. The van der Waals surface area contributed by atoms with E-state index in [1.165, 1.54) is 5.56 Å². The van der Waals surface area contributed by atoms with Crippen molar-refractivity contribution in [3.05, 3.63) is 23.8 Å². The Morgan fingerprint density at radius 2 is 2.06 bits per heavy atom. The summed E-state index contributed by atoms with van der Waals surface area (Å²) < 4.78 is 10.6. The highest BCUT2D eigenvalue weighted by Crippen LogP contribution is 2.32. The van der Waals surface area contributed by atoms with Crippen LogP contribution in [0.2, 0.25) is 0 Å². The van der Waals surface area contributed by atoms with Crippen molar-refractivity contribution >= 4 is 0 Å². The molecule has 17 heavy (non-hydrogen) atoms. The Bertz CT molecular complexity index is 368. The van der Waals surface area contributed by atoms with Crippen LogP contribution in [0.3, 0.4) is 0 Å². The topological polar surface area (TPSA) is 47.7 Å². The predicted molar refractivity (Wildman–Crippen MR) is 67.4 cm³/mol. The van der Waals surface area contributed by atoms with Crippen LogP contribution in [-0.4, -0.2) is 38.4 Å². The number of likely N-dealkylation sites (N-methyl/N-ethyl adjacent to an activating group) is 1. The van der Waals surface area contributed by atoms with Gasteiger partial charge in [-0.3, -0.25) is 0 Å². The Balaban J connectivity index is 1.79. The lowest BCUT2D eigenvalue weighted by Crippen LogP contribution is -2.26. The van der Waals surface area contributed by atoms with Crippen LogP contribution in [-0.2, 0) is 6.42 Å². The van der Waals surface area contributed by atoms with E-state index in [0.717, 1.165) is 44.0 Å². The number of fused-ring (bicyclic) bond motifs is 1. The molecule has 0 aromatic heterocycles. The second kappa shape index (κ2) is 5.89. The molecule has 1 aliphatic heterocycles. The Morgan fingerprint density at radius 3 is 2.88 bits per heavy atom. The summed E-state index contributed by atoms with van der Waals surface area (Å²) in [5.41, 5.74) is 6.80. The summed E-state index contributed by atoms with van der Waals surface area (Å²) in [5.74, 6) is 1.73. The number of hydrogen-bond donors (Lipinski definition) is 1. The summed E-state index contributed by atoms with van der Waals surface area (Å²) in [6.45, 7) is 3.10. The van der Waals surface area contributed by atoms with Gasteiger partial charge in [-0.05, 0) is 44.1 Å². The summed E-state index contributed by atoms with van der Waals surface area (Å²) in [5, 5.41) is 0. The van der Waals surface area contributed by atoms with Gasteiger partial charge in [0.2, 0.25) is 6.79 Å². The molecule has 1 aliphatic rings. The molecule has 0 radical (unpaired) electrons. The normalized spacial score (nSPS) is 13.4. The van der Waals surface area contributed by atoms with Gasteiger partial charge in [0.05, 0.1) is 0 Å². The van der Waals surface area contributed by atoms with E-state index in [0.29, 0.717) is 6.79 Å². The summed E-state index contributed by atoms with van der Waals surface area (Å²) in [4.78, 5) is 2.26. The van der Waals surface area contributed by atoms with Gasteiger partial charge < -0.3 is 20.1 Å². The average Bonchev–Trinajstić information content (AvgIpc) is 2.76. The van der Waals surface area contributed by atoms with E-state index >= 15 is 0 Å². The molecule has 0 fully saturated rings. The molecule has 0 bridgehead atoms. The SMILES string of the molecule is CN(CCN)CCCc1ccc2c(c1)OCO2. The monoisotopic (exact) mass is 236 g/mol. The van der Waals surface area contributed by atoms with E-state index in [1.54, 1.807) is 0 Å². The van der Waals surface area contributed by atoms with Crippen molar-refractivity contribution < 1.29 is 9.47 Å². The summed E-state index contributed by atoms with van der Waals surface area (Å²) in [6.07, 6.45) is 2.20. The highest BCUT2D eigenvalue weighted by molar-refractivity contribution is 5.44.